The van der Waals surface area contributed by atoms with Gasteiger partial charge in [-0.3, -0.25) is 13.9 Å². The summed E-state index contributed by atoms with van der Waals surface area (Å²) in [6, 6.07) is 7.51. The zero-order valence-electron chi connectivity index (χ0n) is 13.9. The molecule has 0 fully saturated rings. The highest BCUT2D eigenvalue weighted by molar-refractivity contribution is 5.90. The molecule has 0 saturated carbocycles. The number of methoxy groups -OCH3 is 1. The van der Waals surface area contributed by atoms with Crippen molar-refractivity contribution in [1.82, 2.24) is 14.1 Å². The van der Waals surface area contributed by atoms with E-state index in [-0.39, 0.29) is 11.7 Å². The maximum absolute atomic E-state index is 12.0. The lowest BCUT2D eigenvalue weighted by atomic mass is 10.2. The fraction of sp³-hybridized carbons (Fsp3) is 0.353. The highest BCUT2D eigenvalue weighted by Crippen LogP contribution is 2.23. The second-order valence-electron chi connectivity index (χ2n) is 5.61. The van der Waals surface area contributed by atoms with Crippen LogP contribution < -0.4 is 10.4 Å². The molecule has 7 heteroatoms. The van der Waals surface area contributed by atoms with Gasteiger partial charge in [-0.25, -0.2) is 9.78 Å². The van der Waals surface area contributed by atoms with Crippen molar-refractivity contribution in [3.05, 3.63) is 34.7 Å². The molecule has 1 aromatic carbocycles. The fourth-order valence-corrected chi connectivity index (χ4v) is 2.64. The first kappa shape index (κ1) is 16.0. The number of hydrogen-bond donors (Lipinski definition) is 0. The molecule has 2 aromatic heterocycles. The Hall–Kier alpha value is -2.83. The number of carbonyl (C=O) groups excluding carboxylic acids is 1. The molecule has 24 heavy (non-hydrogen) atoms. The molecule has 0 N–H and O–H groups in total. The van der Waals surface area contributed by atoms with Gasteiger partial charge >= 0.3 is 11.7 Å². The molecule has 2 heterocycles. The third-order valence-electron chi connectivity index (χ3n) is 4.02. The van der Waals surface area contributed by atoms with Crippen molar-refractivity contribution in [3.8, 4) is 5.75 Å². The van der Waals surface area contributed by atoms with E-state index in [2.05, 4.69) is 9.72 Å². The van der Waals surface area contributed by atoms with Gasteiger partial charge in [0.15, 0.2) is 5.65 Å². The van der Waals surface area contributed by atoms with Gasteiger partial charge in [0.2, 0.25) is 0 Å². The van der Waals surface area contributed by atoms with Crippen molar-refractivity contribution >= 4 is 28.0 Å². The van der Waals surface area contributed by atoms with E-state index in [9.17, 15) is 9.59 Å². The van der Waals surface area contributed by atoms with E-state index in [1.54, 1.807) is 18.7 Å². The van der Waals surface area contributed by atoms with Gasteiger partial charge in [-0.2, -0.15) is 0 Å². The standard InChI is InChI=1S/C17H19N3O4/c1-19-14-10-11-9-12(24-8-4-5-15(21)23-3)6-7-13(11)18-16(14)20(2)17(19)22/h6-7,9-10H,4-5,8H2,1-3H3. The number of esters is 1. The second kappa shape index (κ2) is 6.35. The highest BCUT2D eigenvalue weighted by Gasteiger charge is 2.11. The monoisotopic (exact) mass is 329 g/mol. The van der Waals surface area contributed by atoms with Crippen molar-refractivity contribution in [3.63, 3.8) is 0 Å². The Bertz CT molecular complexity index is 971. The molecule has 0 aliphatic rings. The van der Waals surface area contributed by atoms with Crippen LogP contribution in [0.5, 0.6) is 5.75 Å². The number of aromatic nitrogens is 3. The number of aryl methyl sites for hydroxylation is 2. The molecule has 0 aliphatic carbocycles. The number of ether oxygens (including phenoxy) is 2. The van der Waals surface area contributed by atoms with Gasteiger partial charge in [-0.05, 0) is 30.7 Å². The third kappa shape index (κ3) is 2.84. The summed E-state index contributed by atoms with van der Waals surface area (Å²) in [6.45, 7) is 0.431. The molecular weight excluding hydrogens is 310 g/mol. The third-order valence-corrected chi connectivity index (χ3v) is 4.02. The lowest BCUT2D eigenvalue weighted by Gasteiger charge is -2.07. The molecule has 3 rings (SSSR count). The maximum atomic E-state index is 12.0. The molecule has 0 radical (unpaired) electrons. The summed E-state index contributed by atoms with van der Waals surface area (Å²) in [4.78, 5) is 27.6. The first-order valence-corrected chi connectivity index (χ1v) is 7.67. The van der Waals surface area contributed by atoms with Crippen LogP contribution in [-0.2, 0) is 23.6 Å². The van der Waals surface area contributed by atoms with E-state index >= 15 is 0 Å². The molecule has 0 atom stereocenters. The van der Waals surface area contributed by atoms with Crippen molar-refractivity contribution in [2.24, 2.45) is 14.1 Å². The topological polar surface area (TPSA) is 75.3 Å². The molecule has 0 unspecified atom stereocenters. The van der Waals surface area contributed by atoms with E-state index in [4.69, 9.17) is 4.74 Å². The van der Waals surface area contributed by atoms with Crippen LogP contribution in [0.1, 0.15) is 12.8 Å². The number of carbonyl (C=O) groups is 1. The van der Waals surface area contributed by atoms with E-state index in [0.717, 1.165) is 16.4 Å². The number of rotatable bonds is 5. The van der Waals surface area contributed by atoms with E-state index in [1.165, 1.54) is 11.7 Å². The predicted octanol–water partition coefficient (Wildman–Crippen LogP) is 1.76. The number of nitrogens with zero attached hydrogens (tertiary/aromatic N) is 3. The van der Waals surface area contributed by atoms with Gasteiger partial charge in [0.05, 0.1) is 24.8 Å². The first-order chi connectivity index (χ1) is 11.5. The number of imidazole rings is 1. The zero-order chi connectivity index (χ0) is 17.3. The Labute approximate surface area is 138 Å². The summed E-state index contributed by atoms with van der Waals surface area (Å²) >= 11 is 0. The van der Waals surface area contributed by atoms with Gasteiger partial charge < -0.3 is 9.47 Å². The van der Waals surface area contributed by atoms with Crippen LogP contribution in [0.25, 0.3) is 22.1 Å². The minimum atomic E-state index is -0.242. The Morgan fingerprint density at radius 1 is 1.21 bits per heavy atom. The minimum absolute atomic E-state index is 0.105. The predicted molar refractivity (Wildman–Crippen MR) is 90.2 cm³/mol. The molecule has 0 aliphatic heterocycles. The SMILES string of the molecule is COC(=O)CCCOc1ccc2nc3c(cc2c1)n(C)c(=O)n3C. The summed E-state index contributed by atoms with van der Waals surface area (Å²) in [5.41, 5.74) is 2.12. The fourth-order valence-electron chi connectivity index (χ4n) is 2.64. The number of benzene rings is 1. The number of fused-ring (bicyclic) bond motifs is 2. The molecular formula is C17H19N3O4. The summed E-state index contributed by atoms with van der Waals surface area (Å²) in [7, 11) is 4.81. The number of hydrogen-bond acceptors (Lipinski definition) is 5. The summed E-state index contributed by atoms with van der Waals surface area (Å²) in [5.74, 6) is 0.461. The van der Waals surface area contributed by atoms with Gasteiger partial charge in [0, 0.05) is 25.9 Å². The number of pyridine rings is 1. The van der Waals surface area contributed by atoms with Crippen molar-refractivity contribution in [2.45, 2.75) is 12.8 Å². The van der Waals surface area contributed by atoms with Crippen LogP contribution in [0, 0.1) is 0 Å². The van der Waals surface area contributed by atoms with Crippen molar-refractivity contribution < 1.29 is 14.3 Å². The first-order valence-electron chi connectivity index (χ1n) is 7.67. The Morgan fingerprint density at radius 2 is 2.00 bits per heavy atom. The largest absolute Gasteiger partial charge is 0.494 e. The van der Waals surface area contributed by atoms with Gasteiger partial charge in [-0.1, -0.05) is 0 Å². The Morgan fingerprint density at radius 3 is 2.75 bits per heavy atom. The molecule has 7 nitrogen and oxygen atoms in total. The normalized spacial score (nSPS) is 11.1. The quantitative estimate of drug-likeness (QED) is 0.527. The van der Waals surface area contributed by atoms with Crippen molar-refractivity contribution in [2.75, 3.05) is 13.7 Å². The van der Waals surface area contributed by atoms with Gasteiger partial charge in [0.1, 0.15) is 5.75 Å². The van der Waals surface area contributed by atoms with Gasteiger partial charge in [-0.15, -0.1) is 0 Å². The Kier molecular flexibility index (Phi) is 4.24. The zero-order valence-corrected chi connectivity index (χ0v) is 13.9. The van der Waals surface area contributed by atoms with Crippen molar-refractivity contribution in [1.29, 1.82) is 0 Å². The van der Waals surface area contributed by atoms with E-state index < -0.39 is 0 Å². The minimum Gasteiger partial charge on any atom is -0.494 e. The smallest absolute Gasteiger partial charge is 0.329 e. The molecule has 126 valence electrons. The summed E-state index contributed by atoms with van der Waals surface area (Å²) in [6.07, 6.45) is 0.924. The lowest BCUT2D eigenvalue weighted by Crippen LogP contribution is -2.19. The van der Waals surface area contributed by atoms with E-state index in [1.807, 2.05) is 24.3 Å². The molecule has 3 aromatic rings. The average Bonchev–Trinajstić information content (AvgIpc) is 2.80. The van der Waals surface area contributed by atoms with Crippen LogP contribution in [0.15, 0.2) is 29.1 Å². The molecule has 0 saturated heterocycles. The van der Waals surface area contributed by atoms with E-state index in [0.29, 0.717) is 30.8 Å². The average molecular weight is 329 g/mol. The Balaban J connectivity index is 1.85. The maximum Gasteiger partial charge on any atom is 0.329 e. The highest BCUT2D eigenvalue weighted by atomic mass is 16.5. The van der Waals surface area contributed by atoms with Crippen LogP contribution in [-0.4, -0.2) is 33.8 Å². The second-order valence-corrected chi connectivity index (χ2v) is 5.61. The van der Waals surface area contributed by atoms with Crippen LogP contribution in [0.2, 0.25) is 0 Å². The van der Waals surface area contributed by atoms with Crippen LogP contribution >= 0.6 is 0 Å². The summed E-state index contributed by atoms with van der Waals surface area (Å²) in [5, 5.41) is 0.897. The van der Waals surface area contributed by atoms with Gasteiger partial charge in [0.25, 0.3) is 0 Å². The lowest BCUT2D eigenvalue weighted by molar-refractivity contribution is -0.140. The summed E-state index contributed by atoms with van der Waals surface area (Å²) < 4.78 is 13.4. The van der Waals surface area contributed by atoms with Crippen LogP contribution in [0.3, 0.4) is 0 Å². The molecule has 0 amide bonds. The molecule has 0 spiro atoms. The van der Waals surface area contributed by atoms with Crippen LogP contribution in [0.4, 0.5) is 0 Å². The molecule has 0 bridgehead atoms.